The lowest BCUT2D eigenvalue weighted by atomic mass is 9.93. The molecule has 1 aromatic rings. The number of hydrogen-bond acceptors (Lipinski definition) is 5. The Kier molecular flexibility index (Phi) is 6.29. The second kappa shape index (κ2) is 8.50. The first-order valence-electron chi connectivity index (χ1n) is 10.0. The van der Waals surface area contributed by atoms with E-state index in [-0.39, 0.29) is 24.8 Å². The second-order valence-electron chi connectivity index (χ2n) is 7.85. The van der Waals surface area contributed by atoms with E-state index >= 15 is 4.39 Å². The lowest BCUT2D eigenvalue weighted by Gasteiger charge is -2.37. The van der Waals surface area contributed by atoms with Gasteiger partial charge in [-0.15, -0.1) is 0 Å². The van der Waals surface area contributed by atoms with Crippen molar-refractivity contribution in [3.05, 3.63) is 17.1 Å². The molecule has 0 aromatic carbocycles. The van der Waals surface area contributed by atoms with Crippen molar-refractivity contribution in [3.8, 4) is 0 Å². The summed E-state index contributed by atoms with van der Waals surface area (Å²) in [5.41, 5.74) is 0.195. The normalized spacial score (nSPS) is 23.4. The first-order chi connectivity index (χ1) is 12.9. The fourth-order valence-corrected chi connectivity index (χ4v) is 3.92. The maximum absolute atomic E-state index is 15.2. The molecule has 1 atom stereocenters. The first-order valence-corrected chi connectivity index (χ1v) is 10.0. The van der Waals surface area contributed by atoms with Gasteiger partial charge in [0, 0.05) is 43.2 Å². The molecule has 0 aliphatic carbocycles. The van der Waals surface area contributed by atoms with Crippen LogP contribution in [0.15, 0.2) is 0 Å². The number of alkyl halides is 1. The minimum absolute atomic E-state index is 0.0603. The van der Waals surface area contributed by atoms with Gasteiger partial charge in [-0.25, -0.2) is 14.4 Å². The summed E-state index contributed by atoms with van der Waals surface area (Å²) >= 11 is 0. The Morgan fingerprint density at radius 2 is 1.93 bits per heavy atom. The van der Waals surface area contributed by atoms with Crippen LogP contribution in [0.25, 0.3) is 0 Å². The van der Waals surface area contributed by atoms with Crippen LogP contribution in [0.3, 0.4) is 0 Å². The summed E-state index contributed by atoms with van der Waals surface area (Å²) in [5.74, 6) is 1.18. The molecular weight excluding hydrogens is 347 g/mol. The SMILES string of the molecule is Cc1nc(C)c(C)c(NC2CCCCCN(C(=O)C3(F)CCOCC3)C2)n1. The number of amides is 1. The number of rotatable bonds is 3. The molecule has 0 saturated carbocycles. The summed E-state index contributed by atoms with van der Waals surface area (Å²) in [6, 6.07) is 0.0603. The van der Waals surface area contributed by atoms with E-state index in [1.807, 2.05) is 20.8 Å². The highest BCUT2D eigenvalue weighted by Crippen LogP contribution is 2.29. The van der Waals surface area contributed by atoms with Crippen LogP contribution in [0.5, 0.6) is 0 Å². The first kappa shape index (κ1) is 20.0. The maximum atomic E-state index is 15.2. The van der Waals surface area contributed by atoms with Gasteiger partial charge in [0.25, 0.3) is 5.91 Å². The predicted octanol–water partition coefficient (Wildman–Crippen LogP) is 3.10. The third-order valence-electron chi connectivity index (χ3n) is 5.72. The molecule has 0 bridgehead atoms. The Balaban J connectivity index is 1.74. The smallest absolute Gasteiger partial charge is 0.260 e. The average Bonchev–Trinajstić information content (AvgIpc) is 2.61. The van der Waals surface area contributed by atoms with Crippen molar-refractivity contribution >= 4 is 11.7 Å². The highest BCUT2D eigenvalue weighted by molar-refractivity contribution is 5.85. The number of ether oxygens (including phenoxy) is 1. The molecule has 150 valence electrons. The lowest BCUT2D eigenvalue weighted by Crippen LogP contribution is -2.52. The molecule has 1 amide bonds. The van der Waals surface area contributed by atoms with Crippen molar-refractivity contribution in [2.24, 2.45) is 0 Å². The van der Waals surface area contributed by atoms with Gasteiger partial charge in [-0.3, -0.25) is 4.79 Å². The molecule has 6 nitrogen and oxygen atoms in total. The van der Waals surface area contributed by atoms with E-state index in [0.29, 0.717) is 26.3 Å². The number of likely N-dealkylation sites (tertiary alicyclic amines) is 1. The quantitative estimate of drug-likeness (QED) is 0.875. The van der Waals surface area contributed by atoms with E-state index in [1.54, 1.807) is 4.90 Å². The van der Waals surface area contributed by atoms with Crippen molar-refractivity contribution in [1.82, 2.24) is 14.9 Å². The number of aromatic nitrogens is 2. The van der Waals surface area contributed by atoms with Crippen LogP contribution >= 0.6 is 0 Å². The van der Waals surface area contributed by atoms with Crippen LogP contribution in [-0.2, 0) is 9.53 Å². The summed E-state index contributed by atoms with van der Waals surface area (Å²) in [5, 5.41) is 3.51. The molecule has 0 radical (unpaired) electrons. The van der Waals surface area contributed by atoms with Crippen molar-refractivity contribution in [1.29, 1.82) is 0 Å². The average molecular weight is 378 g/mol. The number of aryl methyl sites for hydroxylation is 2. The largest absolute Gasteiger partial charge is 0.381 e. The lowest BCUT2D eigenvalue weighted by molar-refractivity contribution is -0.151. The molecule has 3 rings (SSSR count). The Labute approximate surface area is 160 Å². The predicted molar refractivity (Wildman–Crippen MR) is 103 cm³/mol. The van der Waals surface area contributed by atoms with E-state index in [4.69, 9.17) is 4.74 Å². The number of nitrogens with zero attached hydrogens (tertiary/aromatic N) is 3. The van der Waals surface area contributed by atoms with Gasteiger partial charge in [-0.2, -0.15) is 0 Å². The summed E-state index contributed by atoms with van der Waals surface area (Å²) in [4.78, 5) is 23.6. The molecule has 0 spiro atoms. The second-order valence-corrected chi connectivity index (χ2v) is 7.85. The fraction of sp³-hybridized carbons (Fsp3) is 0.750. The zero-order valence-electron chi connectivity index (χ0n) is 16.7. The molecular formula is C20H31FN4O2. The zero-order valence-corrected chi connectivity index (χ0v) is 16.7. The topological polar surface area (TPSA) is 67.4 Å². The molecule has 2 saturated heterocycles. The Hall–Kier alpha value is -1.76. The van der Waals surface area contributed by atoms with Gasteiger partial charge in [-0.05, 0) is 33.6 Å². The van der Waals surface area contributed by atoms with E-state index in [9.17, 15) is 4.79 Å². The minimum Gasteiger partial charge on any atom is -0.381 e. The van der Waals surface area contributed by atoms with Crippen LogP contribution < -0.4 is 5.32 Å². The van der Waals surface area contributed by atoms with Crippen LogP contribution in [0, 0.1) is 20.8 Å². The van der Waals surface area contributed by atoms with Gasteiger partial charge >= 0.3 is 0 Å². The summed E-state index contributed by atoms with van der Waals surface area (Å²) < 4.78 is 20.4. The summed E-state index contributed by atoms with van der Waals surface area (Å²) in [6.07, 6.45) is 4.32. The molecule has 1 unspecified atom stereocenters. The van der Waals surface area contributed by atoms with E-state index in [0.717, 1.165) is 48.6 Å². The molecule has 2 aliphatic rings. The number of nitrogens with one attached hydrogen (secondary N) is 1. The molecule has 27 heavy (non-hydrogen) atoms. The summed E-state index contributed by atoms with van der Waals surface area (Å²) in [7, 11) is 0. The highest BCUT2D eigenvalue weighted by atomic mass is 19.1. The summed E-state index contributed by atoms with van der Waals surface area (Å²) in [6.45, 7) is 7.61. The number of halogens is 1. The van der Waals surface area contributed by atoms with Crippen molar-refractivity contribution < 1.29 is 13.9 Å². The van der Waals surface area contributed by atoms with Gasteiger partial charge in [0.05, 0.1) is 13.2 Å². The molecule has 1 N–H and O–H groups in total. The Bertz CT molecular complexity index is 676. The van der Waals surface area contributed by atoms with Crippen LogP contribution in [0.4, 0.5) is 10.2 Å². The van der Waals surface area contributed by atoms with Gasteiger partial charge in [-0.1, -0.05) is 12.8 Å². The fourth-order valence-electron chi connectivity index (χ4n) is 3.92. The van der Waals surface area contributed by atoms with E-state index in [2.05, 4.69) is 15.3 Å². The number of carbonyl (C=O) groups excluding carboxylic acids is 1. The maximum Gasteiger partial charge on any atom is 0.260 e. The Morgan fingerprint density at radius 1 is 1.19 bits per heavy atom. The van der Waals surface area contributed by atoms with Crippen molar-refractivity contribution in [2.75, 3.05) is 31.6 Å². The molecule has 1 aromatic heterocycles. The number of hydrogen-bond donors (Lipinski definition) is 1. The monoisotopic (exact) mass is 378 g/mol. The zero-order chi connectivity index (χ0) is 19.4. The van der Waals surface area contributed by atoms with Crippen molar-refractivity contribution in [3.63, 3.8) is 0 Å². The van der Waals surface area contributed by atoms with Gasteiger partial charge in [0.2, 0.25) is 0 Å². The van der Waals surface area contributed by atoms with Gasteiger partial charge in [0.1, 0.15) is 11.6 Å². The molecule has 2 aliphatic heterocycles. The highest BCUT2D eigenvalue weighted by Gasteiger charge is 2.43. The van der Waals surface area contributed by atoms with Crippen LogP contribution in [0.1, 0.15) is 55.6 Å². The molecule has 3 heterocycles. The van der Waals surface area contributed by atoms with E-state index < -0.39 is 5.67 Å². The number of anilines is 1. The third-order valence-corrected chi connectivity index (χ3v) is 5.72. The van der Waals surface area contributed by atoms with Crippen LogP contribution in [-0.4, -0.2) is 58.8 Å². The Morgan fingerprint density at radius 3 is 2.67 bits per heavy atom. The third kappa shape index (κ3) is 4.75. The standard InChI is InChI=1S/C20H31FN4O2/c1-14-15(2)22-16(3)23-18(14)24-17-7-5-4-6-10-25(13-17)19(26)20(21)8-11-27-12-9-20/h17H,4-13H2,1-3H3,(H,22,23,24). The van der Waals surface area contributed by atoms with Crippen LogP contribution in [0.2, 0.25) is 0 Å². The van der Waals surface area contributed by atoms with Gasteiger partial charge < -0.3 is 15.0 Å². The van der Waals surface area contributed by atoms with E-state index in [1.165, 1.54) is 0 Å². The van der Waals surface area contributed by atoms with Crippen molar-refractivity contribution in [2.45, 2.75) is 71.0 Å². The molecule has 2 fully saturated rings. The molecule has 7 heteroatoms. The number of carbonyl (C=O) groups is 1. The minimum atomic E-state index is -1.78. The van der Waals surface area contributed by atoms with Gasteiger partial charge in [0.15, 0.2) is 5.67 Å².